The zero-order valence-corrected chi connectivity index (χ0v) is 24.9. The first-order valence-corrected chi connectivity index (χ1v) is 14.8. The minimum absolute atomic E-state index is 0.131. The topological polar surface area (TPSA) is 61.6 Å². The van der Waals surface area contributed by atoms with Crippen LogP contribution in [0.2, 0.25) is 0 Å². The van der Waals surface area contributed by atoms with Crippen LogP contribution in [0.3, 0.4) is 0 Å². The second-order valence-corrected chi connectivity index (χ2v) is 11.8. The molecule has 0 bridgehead atoms. The summed E-state index contributed by atoms with van der Waals surface area (Å²) in [7, 11) is 4.16. The molecule has 0 aromatic heterocycles. The number of halogens is 3. The number of hydrogen-bond acceptors (Lipinski definition) is 4. The summed E-state index contributed by atoms with van der Waals surface area (Å²) in [5.41, 5.74) is 8.01. The summed E-state index contributed by atoms with van der Waals surface area (Å²) in [6, 6.07) is 23.6. The van der Waals surface area contributed by atoms with Gasteiger partial charge in [-0.3, -0.25) is 4.79 Å². The van der Waals surface area contributed by atoms with Crippen molar-refractivity contribution in [2.75, 3.05) is 40.3 Å². The Morgan fingerprint density at radius 2 is 1.43 bits per heavy atom. The lowest BCUT2D eigenvalue weighted by atomic mass is 9.82. The number of hydrogen-bond donors (Lipinski definition) is 2. The van der Waals surface area contributed by atoms with Crippen molar-refractivity contribution in [3.8, 4) is 0 Å². The third-order valence-corrected chi connectivity index (χ3v) is 8.48. The number of likely N-dealkylation sites (tertiary alicyclic amines) is 2. The van der Waals surface area contributed by atoms with Gasteiger partial charge in [0.1, 0.15) is 0 Å². The molecule has 2 heterocycles. The van der Waals surface area contributed by atoms with Crippen LogP contribution >= 0.6 is 0 Å². The molecule has 5 nitrogen and oxygen atoms in total. The zero-order chi connectivity index (χ0) is 30.4. The van der Waals surface area contributed by atoms with E-state index in [1.54, 1.807) is 6.92 Å². The highest BCUT2D eigenvalue weighted by atomic mass is 19.4. The monoisotopic (exact) mass is 580 g/mol. The molecule has 8 heteroatoms. The van der Waals surface area contributed by atoms with Gasteiger partial charge in [-0.15, -0.1) is 0 Å². The van der Waals surface area contributed by atoms with Crippen molar-refractivity contribution in [1.82, 2.24) is 15.1 Å². The molecule has 3 aromatic carbocycles. The first-order chi connectivity index (χ1) is 20.0. The highest BCUT2D eigenvalue weighted by Crippen LogP contribution is 2.34. The maximum atomic E-state index is 13.1. The summed E-state index contributed by atoms with van der Waals surface area (Å²) >= 11 is 0. The summed E-state index contributed by atoms with van der Waals surface area (Å²) < 4.78 is 39.1. The number of aryl methyl sites for hydroxylation is 1. The molecule has 226 valence electrons. The Balaban J connectivity index is 0.000000241. The fourth-order valence-corrected chi connectivity index (χ4v) is 6.32. The molecule has 2 unspecified atom stereocenters. The van der Waals surface area contributed by atoms with Crippen LogP contribution in [0.15, 0.2) is 78.9 Å². The first kappa shape index (κ1) is 31.7. The van der Waals surface area contributed by atoms with E-state index in [4.69, 9.17) is 5.73 Å². The van der Waals surface area contributed by atoms with Crippen LogP contribution in [0.4, 0.5) is 13.2 Å². The molecule has 3 N–H and O–H groups in total. The van der Waals surface area contributed by atoms with E-state index in [1.807, 2.05) is 43.4 Å². The molecule has 2 fully saturated rings. The Morgan fingerprint density at radius 3 is 1.98 bits per heavy atom. The third-order valence-electron chi connectivity index (χ3n) is 8.48. The minimum atomic E-state index is -4.42. The Morgan fingerprint density at radius 1 is 0.857 bits per heavy atom. The Bertz CT molecular complexity index is 1320. The van der Waals surface area contributed by atoms with Gasteiger partial charge >= 0.3 is 6.18 Å². The van der Waals surface area contributed by atoms with Crippen molar-refractivity contribution in [3.63, 3.8) is 0 Å². The molecule has 0 aliphatic carbocycles. The lowest BCUT2D eigenvalue weighted by Crippen LogP contribution is -2.55. The van der Waals surface area contributed by atoms with E-state index in [1.165, 1.54) is 24.6 Å². The van der Waals surface area contributed by atoms with Crippen molar-refractivity contribution >= 4 is 5.91 Å². The van der Waals surface area contributed by atoms with Gasteiger partial charge in [0.2, 0.25) is 0 Å². The number of nitrogens with zero attached hydrogens (tertiary/aromatic N) is 2. The third kappa shape index (κ3) is 7.60. The summed E-state index contributed by atoms with van der Waals surface area (Å²) in [6.07, 6.45) is -0.0566. The second-order valence-electron chi connectivity index (χ2n) is 11.8. The van der Waals surface area contributed by atoms with Crippen LogP contribution in [0, 0.1) is 0 Å². The van der Waals surface area contributed by atoms with E-state index in [0.717, 1.165) is 50.0 Å². The van der Waals surface area contributed by atoms with Gasteiger partial charge in [0.05, 0.1) is 16.6 Å². The maximum absolute atomic E-state index is 13.1. The molecular formula is C34H43F3N4O. The van der Waals surface area contributed by atoms with E-state index in [-0.39, 0.29) is 11.4 Å². The van der Waals surface area contributed by atoms with Gasteiger partial charge in [-0.2, -0.15) is 13.2 Å². The Labute approximate surface area is 247 Å². The summed E-state index contributed by atoms with van der Waals surface area (Å²) in [4.78, 5) is 17.6. The van der Waals surface area contributed by atoms with Gasteiger partial charge in [-0.1, -0.05) is 67.6 Å². The number of piperidine rings is 2. The van der Waals surface area contributed by atoms with Crippen molar-refractivity contribution in [3.05, 3.63) is 107 Å². The van der Waals surface area contributed by atoms with E-state index in [9.17, 15) is 18.0 Å². The molecule has 0 radical (unpaired) electrons. The van der Waals surface area contributed by atoms with Crippen molar-refractivity contribution in [2.24, 2.45) is 5.73 Å². The van der Waals surface area contributed by atoms with Crippen molar-refractivity contribution in [1.29, 1.82) is 0 Å². The van der Waals surface area contributed by atoms with E-state index < -0.39 is 17.3 Å². The number of carbonyl (C=O) groups is 1. The predicted molar refractivity (Wildman–Crippen MR) is 162 cm³/mol. The van der Waals surface area contributed by atoms with Crippen LogP contribution in [-0.4, -0.2) is 56.0 Å². The summed E-state index contributed by atoms with van der Waals surface area (Å²) in [5.74, 6) is -0.329. The molecule has 3 aromatic rings. The number of amides is 1. The average molecular weight is 581 g/mol. The molecule has 0 spiro atoms. The largest absolute Gasteiger partial charge is 0.416 e. The van der Waals surface area contributed by atoms with Crippen molar-refractivity contribution < 1.29 is 18.0 Å². The molecule has 5 rings (SSSR count). The average Bonchev–Trinajstić information content (AvgIpc) is 2.97. The highest BCUT2D eigenvalue weighted by molar-refractivity contribution is 5.96. The van der Waals surface area contributed by atoms with Gasteiger partial charge in [0, 0.05) is 18.7 Å². The lowest BCUT2D eigenvalue weighted by Gasteiger charge is -2.42. The van der Waals surface area contributed by atoms with E-state index in [0.29, 0.717) is 24.1 Å². The fourth-order valence-electron chi connectivity index (χ4n) is 6.32. The van der Waals surface area contributed by atoms with Crippen LogP contribution in [0.25, 0.3) is 0 Å². The van der Waals surface area contributed by atoms with Crippen molar-refractivity contribution in [2.45, 2.75) is 56.3 Å². The van der Waals surface area contributed by atoms with Crippen LogP contribution in [0.1, 0.15) is 65.2 Å². The van der Waals surface area contributed by atoms with Gasteiger partial charge in [-0.05, 0) is 94.2 Å². The molecule has 2 aliphatic rings. The quantitative estimate of drug-likeness (QED) is 0.378. The minimum Gasteiger partial charge on any atom is -0.341 e. The van der Waals surface area contributed by atoms with E-state index >= 15 is 0 Å². The normalized spacial score (nSPS) is 23.5. The van der Waals surface area contributed by atoms with Crippen LogP contribution < -0.4 is 11.1 Å². The molecular weight excluding hydrogens is 537 g/mol. The van der Waals surface area contributed by atoms with E-state index in [2.05, 4.69) is 46.4 Å². The van der Waals surface area contributed by atoms with Crippen LogP contribution in [0.5, 0.6) is 0 Å². The molecule has 2 saturated heterocycles. The summed E-state index contributed by atoms with van der Waals surface area (Å²) in [6.45, 7) is 5.51. The zero-order valence-electron chi connectivity index (χ0n) is 24.9. The van der Waals surface area contributed by atoms with Gasteiger partial charge in [-0.25, -0.2) is 0 Å². The number of nitrogens with two attached hydrogens (primary N) is 1. The van der Waals surface area contributed by atoms with Crippen LogP contribution in [-0.2, 0) is 23.7 Å². The number of carbonyl (C=O) groups excluding carboxylic acids is 1. The second kappa shape index (κ2) is 13.4. The Hall–Kier alpha value is -3.20. The summed E-state index contributed by atoms with van der Waals surface area (Å²) in [5, 5.41) is 3.17. The van der Waals surface area contributed by atoms with Gasteiger partial charge < -0.3 is 20.9 Å². The number of alkyl halides is 3. The molecule has 1 amide bonds. The number of benzene rings is 3. The Kier molecular flexibility index (Phi) is 10.1. The molecule has 42 heavy (non-hydrogen) atoms. The fraction of sp³-hybridized carbons (Fsp3) is 0.441. The standard InChI is InChI=1S/C22H25F3N2O.C12H18N2/c1-3-16-14-18(22(23,24)25)10-11-19(16)20(28)26-21(12-7-13-27(2)15-21)17-8-5-4-6-9-17;1-14-9-5-8-12(13,10-14)11-6-3-2-4-7-11/h4-6,8-11,14H,3,7,12-13,15H2,1-2H3,(H,26,28);2-4,6-7H,5,8-10,13H2,1H3. The SMILES string of the molecule is CCc1cc(C(F)(F)F)ccc1C(=O)NC1(c2ccccc2)CCCN(C)C1.CN1CCCC(N)(c2ccccc2)C1. The first-order valence-electron chi connectivity index (χ1n) is 14.8. The highest BCUT2D eigenvalue weighted by Gasteiger charge is 2.38. The molecule has 2 aliphatic heterocycles. The maximum Gasteiger partial charge on any atom is 0.416 e. The predicted octanol–water partition coefficient (Wildman–Crippen LogP) is 6.18. The number of nitrogens with one attached hydrogen (secondary N) is 1. The lowest BCUT2D eigenvalue weighted by molar-refractivity contribution is -0.137. The molecule has 0 saturated carbocycles. The van der Waals surface area contributed by atoms with Gasteiger partial charge in [0.15, 0.2) is 0 Å². The number of rotatable bonds is 5. The number of likely N-dealkylation sites (N-methyl/N-ethyl adjacent to an activating group) is 2. The smallest absolute Gasteiger partial charge is 0.341 e. The van der Waals surface area contributed by atoms with Gasteiger partial charge in [0.25, 0.3) is 5.91 Å². The molecule has 2 atom stereocenters.